The van der Waals surface area contributed by atoms with Gasteiger partial charge in [-0.1, -0.05) is 62.6 Å². The molecule has 3 atom stereocenters. The molecule has 1 fully saturated rings. The van der Waals surface area contributed by atoms with Crippen LogP contribution in [-0.2, 0) is 9.53 Å². The summed E-state index contributed by atoms with van der Waals surface area (Å²) in [5.41, 5.74) is 2.67. The Hall–Kier alpha value is -2.70. The van der Waals surface area contributed by atoms with Crippen LogP contribution in [0, 0.1) is 0 Å². The van der Waals surface area contributed by atoms with Gasteiger partial charge in [-0.15, -0.1) is 0 Å². The number of hydrogen-bond donors (Lipinski definition) is 3. The van der Waals surface area contributed by atoms with E-state index in [1.54, 1.807) is 18.2 Å². The van der Waals surface area contributed by atoms with Crippen LogP contribution in [0.1, 0.15) is 84.7 Å². The highest BCUT2D eigenvalue weighted by atomic mass is 16.5. The molecule has 2 aromatic rings. The standard InChI is InChI=1S/C25H31NO5/c1-2-3-4-8-22(27)17-9-11-18(12-10-17)24(31-16-21-13-14-23(28)26-21)19-6-5-7-20(15-19)25(29)30/h5-7,9-12,15,21-22,24,27H,2-4,8,13-14,16H2,1H3,(H,26,28)(H,29,30)/t21?,22?,24-/m0/s1. The van der Waals surface area contributed by atoms with Crippen LogP contribution < -0.4 is 5.32 Å². The molecule has 0 aliphatic carbocycles. The van der Waals surface area contributed by atoms with Crippen LogP contribution in [0.3, 0.4) is 0 Å². The lowest BCUT2D eigenvalue weighted by Gasteiger charge is -2.22. The first kappa shape index (κ1) is 23.0. The first-order valence-corrected chi connectivity index (χ1v) is 11.0. The maximum atomic E-state index is 11.5. The zero-order valence-electron chi connectivity index (χ0n) is 17.9. The second-order valence-corrected chi connectivity index (χ2v) is 8.13. The molecular formula is C25H31NO5. The lowest BCUT2D eigenvalue weighted by atomic mass is 9.96. The van der Waals surface area contributed by atoms with Crippen molar-refractivity contribution in [1.29, 1.82) is 0 Å². The summed E-state index contributed by atoms with van der Waals surface area (Å²) in [6.07, 6.45) is 4.19. The van der Waals surface area contributed by atoms with Crippen LogP contribution in [0.4, 0.5) is 0 Å². The number of rotatable bonds is 11. The molecule has 3 N–H and O–H groups in total. The number of aliphatic hydroxyl groups is 1. The number of carbonyl (C=O) groups is 2. The minimum absolute atomic E-state index is 0.0273. The molecule has 3 rings (SSSR count). The van der Waals surface area contributed by atoms with Crippen molar-refractivity contribution in [3.63, 3.8) is 0 Å². The Morgan fingerprint density at radius 3 is 2.52 bits per heavy atom. The maximum absolute atomic E-state index is 11.5. The number of benzene rings is 2. The summed E-state index contributed by atoms with van der Waals surface area (Å²) in [7, 11) is 0. The average molecular weight is 426 g/mol. The fraction of sp³-hybridized carbons (Fsp3) is 0.440. The molecule has 1 aliphatic rings. The predicted molar refractivity (Wildman–Crippen MR) is 118 cm³/mol. The zero-order chi connectivity index (χ0) is 22.2. The molecule has 31 heavy (non-hydrogen) atoms. The largest absolute Gasteiger partial charge is 0.478 e. The van der Waals surface area contributed by atoms with Crippen LogP contribution in [0.5, 0.6) is 0 Å². The van der Waals surface area contributed by atoms with Gasteiger partial charge in [0.25, 0.3) is 0 Å². The fourth-order valence-electron chi connectivity index (χ4n) is 3.88. The molecule has 0 spiro atoms. The molecular weight excluding hydrogens is 394 g/mol. The summed E-state index contributed by atoms with van der Waals surface area (Å²) < 4.78 is 6.19. The normalized spacial score (nSPS) is 17.9. The molecule has 1 saturated heterocycles. The molecule has 6 nitrogen and oxygen atoms in total. The number of carboxylic acid groups (broad SMARTS) is 1. The highest BCUT2D eigenvalue weighted by Gasteiger charge is 2.24. The van der Waals surface area contributed by atoms with Crippen molar-refractivity contribution < 1.29 is 24.5 Å². The Balaban J connectivity index is 1.79. The van der Waals surface area contributed by atoms with E-state index >= 15 is 0 Å². The van der Waals surface area contributed by atoms with Gasteiger partial charge in [0.15, 0.2) is 0 Å². The molecule has 0 aromatic heterocycles. The molecule has 1 heterocycles. The zero-order valence-corrected chi connectivity index (χ0v) is 17.9. The minimum Gasteiger partial charge on any atom is -0.478 e. The van der Waals surface area contributed by atoms with Crippen molar-refractivity contribution in [2.45, 2.75) is 63.7 Å². The quantitative estimate of drug-likeness (QED) is 0.464. The number of aromatic carboxylic acids is 1. The number of amides is 1. The van der Waals surface area contributed by atoms with Crippen molar-refractivity contribution in [3.05, 3.63) is 70.8 Å². The second-order valence-electron chi connectivity index (χ2n) is 8.13. The Kier molecular flexibility index (Phi) is 8.20. The number of unbranched alkanes of at least 4 members (excludes halogenated alkanes) is 2. The molecule has 2 aromatic carbocycles. The molecule has 1 amide bonds. The molecule has 2 unspecified atom stereocenters. The molecule has 6 heteroatoms. The van der Waals surface area contributed by atoms with Gasteiger partial charge in [0.1, 0.15) is 6.10 Å². The number of nitrogens with one attached hydrogen (secondary N) is 1. The van der Waals surface area contributed by atoms with Gasteiger partial charge in [-0.3, -0.25) is 4.79 Å². The monoisotopic (exact) mass is 425 g/mol. The number of carboxylic acids is 1. The van der Waals surface area contributed by atoms with Crippen LogP contribution >= 0.6 is 0 Å². The third kappa shape index (κ3) is 6.39. The highest BCUT2D eigenvalue weighted by molar-refractivity contribution is 5.87. The first-order chi connectivity index (χ1) is 15.0. The Bertz CT molecular complexity index is 880. The van der Waals surface area contributed by atoms with E-state index in [9.17, 15) is 19.8 Å². The maximum Gasteiger partial charge on any atom is 0.335 e. The van der Waals surface area contributed by atoms with Crippen LogP contribution in [-0.4, -0.2) is 34.7 Å². The van der Waals surface area contributed by atoms with Crippen LogP contribution in [0.25, 0.3) is 0 Å². The lowest BCUT2D eigenvalue weighted by Crippen LogP contribution is -2.30. The fourth-order valence-corrected chi connectivity index (χ4v) is 3.88. The van der Waals surface area contributed by atoms with E-state index in [1.807, 2.05) is 30.3 Å². The molecule has 166 valence electrons. The Morgan fingerprint density at radius 1 is 1.13 bits per heavy atom. The third-order valence-electron chi connectivity index (χ3n) is 5.69. The van der Waals surface area contributed by atoms with E-state index < -0.39 is 18.2 Å². The lowest BCUT2D eigenvalue weighted by molar-refractivity contribution is -0.119. The Morgan fingerprint density at radius 2 is 1.87 bits per heavy atom. The molecule has 0 saturated carbocycles. The average Bonchev–Trinajstić information content (AvgIpc) is 3.19. The van der Waals surface area contributed by atoms with Gasteiger partial charge >= 0.3 is 5.97 Å². The number of hydrogen-bond acceptors (Lipinski definition) is 4. The summed E-state index contributed by atoms with van der Waals surface area (Å²) in [4.78, 5) is 22.9. The van der Waals surface area contributed by atoms with Crippen molar-refractivity contribution in [3.8, 4) is 0 Å². The van der Waals surface area contributed by atoms with Crippen molar-refractivity contribution in [1.82, 2.24) is 5.32 Å². The number of carbonyl (C=O) groups excluding carboxylic acids is 1. The third-order valence-corrected chi connectivity index (χ3v) is 5.69. The summed E-state index contributed by atoms with van der Waals surface area (Å²) >= 11 is 0. The summed E-state index contributed by atoms with van der Waals surface area (Å²) in [6.45, 7) is 2.48. The van der Waals surface area contributed by atoms with Crippen molar-refractivity contribution in [2.75, 3.05) is 6.61 Å². The van der Waals surface area contributed by atoms with E-state index in [4.69, 9.17) is 4.74 Å². The van der Waals surface area contributed by atoms with E-state index in [1.165, 1.54) is 0 Å². The van der Waals surface area contributed by atoms with E-state index in [0.717, 1.165) is 48.8 Å². The van der Waals surface area contributed by atoms with Gasteiger partial charge in [0.05, 0.1) is 24.3 Å². The predicted octanol–water partition coefficient (Wildman–Crippen LogP) is 4.38. The van der Waals surface area contributed by atoms with Gasteiger partial charge in [0, 0.05) is 6.42 Å². The summed E-state index contributed by atoms with van der Waals surface area (Å²) in [5, 5.41) is 22.7. The SMILES string of the molecule is CCCCCC(O)c1ccc([C@H](OCC2CCC(=O)N2)c2cccc(C(=O)O)c2)cc1. The van der Waals surface area contributed by atoms with Gasteiger partial charge in [-0.2, -0.15) is 0 Å². The Labute approximate surface area is 183 Å². The van der Waals surface area contributed by atoms with Crippen molar-refractivity contribution >= 4 is 11.9 Å². The van der Waals surface area contributed by atoms with Gasteiger partial charge < -0.3 is 20.3 Å². The highest BCUT2D eigenvalue weighted by Crippen LogP contribution is 2.29. The van der Waals surface area contributed by atoms with Gasteiger partial charge in [0.2, 0.25) is 5.91 Å². The van der Waals surface area contributed by atoms with E-state index in [2.05, 4.69) is 12.2 Å². The molecule has 1 aliphatic heterocycles. The van der Waals surface area contributed by atoms with Crippen LogP contribution in [0.2, 0.25) is 0 Å². The molecule has 0 radical (unpaired) electrons. The summed E-state index contributed by atoms with van der Waals surface area (Å²) in [6, 6.07) is 14.3. The smallest absolute Gasteiger partial charge is 0.335 e. The van der Waals surface area contributed by atoms with E-state index in [-0.39, 0.29) is 17.5 Å². The molecule has 0 bridgehead atoms. The second kappa shape index (κ2) is 11.1. The first-order valence-electron chi connectivity index (χ1n) is 11.0. The van der Waals surface area contributed by atoms with Gasteiger partial charge in [-0.05, 0) is 41.7 Å². The number of aliphatic hydroxyl groups excluding tert-OH is 1. The summed E-state index contributed by atoms with van der Waals surface area (Å²) in [5.74, 6) is -0.964. The van der Waals surface area contributed by atoms with Gasteiger partial charge in [-0.25, -0.2) is 4.79 Å². The van der Waals surface area contributed by atoms with E-state index in [0.29, 0.717) is 13.0 Å². The topological polar surface area (TPSA) is 95.9 Å². The minimum atomic E-state index is -0.991. The van der Waals surface area contributed by atoms with Crippen LogP contribution in [0.15, 0.2) is 48.5 Å². The number of ether oxygens (including phenoxy) is 1. The van der Waals surface area contributed by atoms with Crippen molar-refractivity contribution in [2.24, 2.45) is 0 Å².